The smallest absolute Gasteiger partial charge is 0.119 e. The Bertz CT molecular complexity index is 605. The fourth-order valence-electron chi connectivity index (χ4n) is 2.26. The van der Waals surface area contributed by atoms with E-state index in [0.29, 0.717) is 6.10 Å². The molecule has 2 N–H and O–H groups in total. The van der Waals surface area contributed by atoms with Gasteiger partial charge in [-0.05, 0) is 60.7 Å². The molecule has 1 fully saturated rings. The normalized spacial score (nSPS) is 15.9. The molecule has 0 heterocycles. The first kappa shape index (κ1) is 13.5. The SMILES string of the molecule is Cc1ccc(Cl)cc1C(N)c1ccc(OC2CC2)cc1. The second-order valence-corrected chi connectivity index (χ2v) is 5.80. The molecule has 0 aromatic heterocycles. The molecule has 0 amide bonds. The Labute approximate surface area is 124 Å². The number of benzene rings is 2. The van der Waals surface area contributed by atoms with Crippen molar-refractivity contribution < 1.29 is 4.74 Å². The number of halogens is 1. The molecule has 1 aliphatic rings. The molecular formula is C17H18ClNO. The number of rotatable bonds is 4. The van der Waals surface area contributed by atoms with Crippen LogP contribution in [0.4, 0.5) is 0 Å². The first-order valence-electron chi connectivity index (χ1n) is 6.92. The van der Waals surface area contributed by atoms with Crippen LogP contribution < -0.4 is 10.5 Å². The maximum atomic E-state index is 6.35. The van der Waals surface area contributed by atoms with Gasteiger partial charge in [0.2, 0.25) is 0 Å². The lowest BCUT2D eigenvalue weighted by atomic mass is 9.96. The van der Waals surface area contributed by atoms with Crippen molar-refractivity contribution in [2.45, 2.75) is 31.9 Å². The van der Waals surface area contributed by atoms with Crippen molar-refractivity contribution in [1.29, 1.82) is 0 Å². The molecule has 20 heavy (non-hydrogen) atoms. The van der Waals surface area contributed by atoms with Gasteiger partial charge in [0, 0.05) is 5.02 Å². The van der Waals surface area contributed by atoms with Crippen LogP contribution in [0.25, 0.3) is 0 Å². The van der Waals surface area contributed by atoms with Gasteiger partial charge >= 0.3 is 0 Å². The Morgan fingerprint density at radius 2 is 1.85 bits per heavy atom. The number of ether oxygens (including phenoxy) is 1. The molecular weight excluding hydrogens is 270 g/mol. The summed E-state index contributed by atoms with van der Waals surface area (Å²) in [5, 5.41) is 0.717. The van der Waals surface area contributed by atoms with Gasteiger partial charge in [-0.25, -0.2) is 0 Å². The Hall–Kier alpha value is -1.51. The summed E-state index contributed by atoms with van der Waals surface area (Å²) in [6.07, 6.45) is 2.76. The fourth-order valence-corrected chi connectivity index (χ4v) is 2.44. The molecule has 3 heteroatoms. The van der Waals surface area contributed by atoms with Crippen LogP contribution in [0, 0.1) is 6.92 Å². The van der Waals surface area contributed by atoms with E-state index in [1.54, 1.807) is 0 Å². The lowest BCUT2D eigenvalue weighted by Gasteiger charge is -2.16. The molecule has 0 spiro atoms. The minimum absolute atomic E-state index is 0.163. The monoisotopic (exact) mass is 287 g/mol. The minimum Gasteiger partial charge on any atom is -0.490 e. The summed E-state index contributed by atoms with van der Waals surface area (Å²) in [6.45, 7) is 2.05. The van der Waals surface area contributed by atoms with Crippen LogP contribution in [0.2, 0.25) is 5.02 Å². The third kappa shape index (κ3) is 2.97. The van der Waals surface area contributed by atoms with Crippen LogP contribution in [0.1, 0.15) is 35.6 Å². The Morgan fingerprint density at radius 1 is 1.15 bits per heavy atom. The highest BCUT2D eigenvalue weighted by molar-refractivity contribution is 6.30. The van der Waals surface area contributed by atoms with Crippen LogP contribution in [0.5, 0.6) is 5.75 Å². The van der Waals surface area contributed by atoms with E-state index in [1.165, 1.54) is 12.8 Å². The molecule has 1 unspecified atom stereocenters. The molecule has 2 nitrogen and oxygen atoms in total. The predicted octanol–water partition coefficient (Wildman–Crippen LogP) is 4.24. The van der Waals surface area contributed by atoms with E-state index in [1.807, 2.05) is 42.5 Å². The summed E-state index contributed by atoms with van der Waals surface area (Å²) >= 11 is 6.06. The van der Waals surface area contributed by atoms with Crippen molar-refractivity contribution in [3.8, 4) is 5.75 Å². The summed E-state index contributed by atoms with van der Waals surface area (Å²) in [7, 11) is 0. The van der Waals surface area contributed by atoms with E-state index in [2.05, 4.69) is 6.92 Å². The molecule has 1 atom stereocenters. The standard InChI is InChI=1S/C17H18ClNO/c1-11-2-5-13(18)10-16(11)17(19)12-3-6-14(7-4-12)20-15-8-9-15/h2-7,10,15,17H,8-9,19H2,1H3. The van der Waals surface area contributed by atoms with Crippen LogP contribution >= 0.6 is 11.6 Å². The van der Waals surface area contributed by atoms with E-state index in [4.69, 9.17) is 22.1 Å². The molecule has 2 aromatic carbocycles. The van der Waals surface area contributed by atoms with Gasteiger partial charge in [0.15, 0.2) is 0 Å². The summed E-state index contributed by atoms with van der Waals surface area (Å²) in [4.78, 5) is 0. The lowest BCUT2D eigenvalue weighted by molar-refractivity contribution is 0.303. The van der Waals surface area contributed by atoms with E-state index in [9.17, 15) is 0 Å². The average Bonchev–Trinajstić information content (AvgIpc) is 3.26. The maximum Gasteiger partial charge on any atom is 0.119 e. The van der Waals surface area contributed by atoms with Gasteiger partial charge in [0.1, 0.15) is 5.75 Å². The number of hydrogen-bond donors (Lipinski definition) is 1. The zero-order valence-corrected chi connectivity index (χ0v) is 12.2. The lowest BCUT2D eigenvalue weighted by Crippen LogP contribution is -2.13. The Kier molecular flexibility index (Phi) is 3.68. The minimum atomic E-state index is -0.163. The largest absolute Gasteiger partial charge is 0.490 e. The fraction of sp³-hybridized carbons (Fsp3) is 0.294. The molecule has 1 aliphatic carbocycles. The zero-order chi connectivity index (χ0) is 14.1. The molecule has 0 bridgehead atoms. The van der Waals surface area contributed by atoms with E-state index >= 15 is 0 Å². The van der Waals surface area contributed by atoms with E-state index in [0.717, 1.165) is 27.5 Å². The van der Waals surface area contributed by atoms with Gasteiger partial charge in [-0.3, -0.25) is 0 Å². The highest BCUT2D eigenvalue weighted by Gasteiger charge is 2.23. The van der Waals surface area contributed by atoms with Crippen LogP contribution in [-0.2, 0) is 0 Å². The van der Waals surface area contributed by atoms with Crippen molar-refractivity contribution in [3.05, 3.63) is 64.2 Å². The first-order valence-corrected chi connectivity index (χ1v) is 7.29. The van der Waals surface area contributed by atoms with Crippen molar-refractivity contribution in [3.63, 3.8) is 0 Å². The first-order chi connectivity index (χ1) is 9.63. The molecule has 104 valence electrons. The molecule has 0 saturated heterocycles. The summed E-state index contributed by atoms with van der Waals surface area (Å²) in [5.41, 5.74) is 9.63. The van der Waals surface area contributed by atoms with Crippen molar-refractivity contribution >= 4 is 11.6 Å². The van der Waals surface area contributed by atoms with E-state index < -0.39 is 0 Å². The zero-order valence-electron chi connectivity index (χ0n) is 11.5. The number of hydrogen-bond acceptors (Lipinski definition) is 2. The van der Waals surface area contributed by atoms with E-state index in [-0.39, 0.29) is 6.04 Å². The van der Waals surface area contributed by atoms with Gasteiger partial charge in [0.25, 0.3) is 0 Å². The topological polar surface area (TPSA) is 35.2 Å². The van der Waals surface area contributed by atoms with Gasteiger partial charge in [-0.2, -0.15) is 0 Å². The predicted molar refractivity (Wildman–Crippen MR) is 82.3 cm³/mol. The van der Waals surface area contributed by atoms with Gasteiger partial charge in [-0.1, -0.05) is 29.8 Å². The average molecular weight is 288 g/mol. The number of aryl methyl sites for hydroxylation is 1. The quantitative estimate of drug-likeness (QED) is 0.913. The third-order valence-corrected chi connectivity index (χ3v) is 3.88. The molecule has 1 saturated carbocycles. The van der Waals surface area contributed by atoms with Gasteiger partial charge in [-0.15, -0.1) is 0 Å². The molecule has 0 radical (unpaired) electrons. The summed E-state index contributed by atoms with van der Waals surface area (Å²) in [6, 6.07) is 13.7. The van der Waals surface area contributed by atoms with Crippen molar-refractivity contribution in [2.75, 3.05) is 0 Å². The number of nitrogens with two attached hydrogens (primary N) is 1. The summed E-state index contributed by atoms with van der Waals surface area (Å²) in [5.74, 6) is 0.922. The van der Waals surface area contributed by atoms with Crippen LogP contribution in [0.3, 0.4) is 0 Å². The van der Waals surface area contributed by atoms with Gasteiger partial charge < -0.3 is 10.5 Å². The highest BCUT2D eigenvalue weighted by atomic mass is 35.5. The summed E-state index contributed by atoms with van der Waals surface area (Å²) < 4.78 is 5.75. The van der Waals surface area contributed by atoms with Gasteiger partial charge in [0.05, 0.1) is 12.1 Å². The van der Waals surface area contributed by atoms with Crippen molar-refractivity contribution in [2.24, 2.45) is 5.73 Å². The van der Waals surface area contributed by atoms with Crippen LogP contribution in [0.15, 0.2) is 42.5 Å². The Balaban J connectivity index is 1.81. The Morgan fingerprint density at radius 3 is 2.50 bits per heavy atom. The second-order valence-electron chi connectivity index (χ2n) is 5.36. The molecule has 0 aliphatic heterocycles. The molecule has 2 aromatic rings. The highest BCUT2D eigenvalue weighted by Crippen LogP contribution is 2.29. The van der Waals surface area contributed by atoms with Crippen molar-refractivity contribution in [1.82, 2.24) is 0 Å². The second kappa shape index (κ2) is 5.47. The third-order valence-electron chi connectivity index (χ3n) is 3.64. The maximum absolute atomic E-state index is 6.35. The molecule has 3 rings (SSSR count). The van der Waals surface area contributed by atoms with Crippen LogP contribution in [-0.4, -0.2) is 6.10 Å².